The molecule has 0 heterocycles. The minimum absolute atomic E-state index is 0.000476. The lowest BCUT2D eigenvalue weighted by Gasteiger charge is -2.18. The molecule has 220 valence electrons. The third kappa shape index (κ3) is 29.4. The third-order valence-corrected chi connectivity index (χ3v) is 7.58. The van der Waals surface area contributed by atoms with Crippen LogP contribution < -0.4 is 0 Å². The Morgan fingerprint density at radius 1 is 0.486 bits per heavy atom. The highest BCUT2D eigenvalue weighted by Crippen LogP contribution is 2.19. The molecule has 0 bridgehead atoms. The van der Waals surface area contributed by atoms with Gasteiger partial charge in [0, 0.05) is 12.8 Å². The van der Waals surface area contributed by atoms with Crippen molar-refractivity contribution in [3.05, 3.63) is 0 Å². The fourth-order valence-corrected chi connectivity index (χ4v) is 5.13. The molecule has 4 heteroatoms. The van der Waals surface area contributed by atoms with Gasteiger partial charge < -0.3 is 9.84 Å². The molecule has 0 amide bonds. The number of hydrogen-bond donors (Lipinski definition) is 1. The fourth-order valence-electron chi connectivity index (χ4n) is 5.13. The van der Waals surface area contributed by atoms with Crippen molar-refractivity contribution < 1.29 is 19.4 Å². The van der Waals surface area contributed by atoms with Crippen molar-refractivity contribution in [2.45, 2.75) is 200 Å². The molecule has 37 heavy (non-hydrogen) atoms. The number of carboxylic acid groups (broad SMARTS) is 1. The van der Waals surface area contributed by atoms with E-state index >= 15 is 0 Å². The number of esters is 1. The van der Waals surface area contributed by atoms with E-state index in [0.29, 0.717) is 6.42 Å². The van der Waals surface area contributed by atoms with Gasteiger partial charge >= 0.3 is 11.9 Å². The number of unbranched alkanes of at least 4 members (excludes halogenated alkanes) is 21. The second-order valence-electron chi connectivity index (χ2n) is 11.4. The molecule has 0 aliphatic carbocycles. The molecule has 0 saturated carbocycles. The molecular weight excluding hydrogens is 460 g/mol. The molecule has 0 spiro atoms. The van der Waals surface area contributed by atoms with Gasteiger partial charge in [-0.1, -0.05) is 142 Å². The van der Waals surface area contributed by atoms with E-state index in [0.717, 1.165) is 64.2 Å². The SMILES string of the molecule is CCCCCCCCCCCCCC(CCCCCCCC(=O)O)OC(=O)CCCCCCCCCC. The number of carboxylic acids is 1. The quantitative estimate of drug-likeness (QED) is 0.0749. The Bertz CT molecular complexity index is 491. The van der Waals surface area contributed by atoms with Gasteiger partial charge in [0.15, 0.2) is 0 Å². The summed E-state index contributed by atoms with van der Waals surface area (Å²) in [5.74, 6) is -0.698. The second-order valence-corrected chi connectivity index (χ2v) is 11.4. The first kappa shape index (κ1) is 35.9. The van der Waals surface area contributed by atoms with Gasteiger partial charge in [-0.25, -0.2) is 0 Å². The first-order valence-corrected chi connectivity index (χ1v) is 16.5. The monoisotopic (exact) mass is 524 g/mol. The smallest absolute Gasteiger partial charge is 0.306 e. The molecule has 0 aliphatic rings. The van der Waals surface area contributed by atoms with E-state index in [1.54, 1.807) is 0 Å². The molecule has 0 aromatic carbocycles. The van der Waals surface area contributed by atoms with E-state index in [-0.39, 0.29) is 18.5 Å². The first-order chi connectivity index (χ1) is 18.1. The highest BCUT2D eigenvalue weighted by Gasteiger charge is 2.14. The van der Waals surface area contributed by atoms with E-state index in [1.165, 1.54) is 103 Å². The van der Waals surface area contributed by atoms with Crippen molar-refractivity contribution in [1.29, 1.82) is 0 Å². The number of hydrogen-bond acceptors (Lipinski definition) is 3. The van der Waals surface area contributed by atoms with Crippen LogP contribution in [-0.2, 0) is 14.3 Å². The van der Waals surface area contributed by atoms with Crippen LogP contribution >= 0.6 is 0 Å². The summed E-state index contributed by atoms with van der Waals surface area (Å²) in [7, 11) is 0. The molecule has 0 fully saturated rings. The number of carbonyl (C=O) groups excluding carboxylic acids is 1. The van der Waals surface area contributed by atoms with Gasteiger partial charge in [-0.3, -0.25) is 9.59 Å². The minimum atomic E-state index is -0.699. The maximum Gasteiger partial charge on any atom is 0.306 e. The van der Waals surface area contributed by atoms with Gasteiger partial charge in [-0.05, 0) is 38.5 Å². The molecule has 0 aromatic heterocycles. The zero-order valence-electron chi connectivity index (χ0n) is 25.0. The highest BCUT2D eigenvalue weighted by molar-refractivity contribution is 5.69. The molecule has 0 aliphatic heterocycles. The Morgan fingerprint density at radius 3 is 1.19 bits per heavy atom. The predicted octanol–water partition coefficient (Wildman–Crippen LogP) is 10.9. The van der Waals surface area contributed by atoms with Crippen molar-refractivity contribution in [3.8, 4) is 0 Å². The van der Waals surface area contributed by atoms with Gasteiger partial charge in [0.1, 0.15) is 6.10 Å². The molecule has 1 N–H and O–H groups in total. The summed E-state index contributed by atoms with van der Waals surface area (Å²) >= 11 is 0. The Morgan fingerprint density at radius 2 is 0.811 bits per heavy atom. The number of rotatable bonds is 30. The van der Waals surface area contributed by atoms with Crippen LogP contribution in [0.1, 0.15) is 194 Å². The van der Waals surface area contributed by atoms with Crippen LogP contribution in [0.15, 0.2) is 0 Å². The summed E-state index contributed by atoms with van der Waals surface area (Å²) in [6.45, 7) is 4.52. The van der Waals surface area contributed by atoms with Gasteiger partial charge in [-0.15, -0.1) is 0 Å². The zero-order valence-corrected chi connectivity index (χ0v) is 25.0. The van der Waals surface area contributed by atoms with Crippen LogP contribution in [0.25, 0.3) is 0 Å². The van der Waals surface area contributed by atoms with Gasteiger partial charge in [-0.2, -0.15) is 0 Å². The molecule has 0 rings (SSSR count). The summed E-state index contributed by atoms with van der Waals surface area (Å²) in [4.78, 5) is 23.1. The maximum absolute atomic E-state index is 12.5. The summed E-state index contributed by atoms with van der Waals surface area (Å²) in [5.41, 5.74) is 0. The average Bonchev–Trinajstić information content (AvgIpc) is 2.87. The van der Waals surface area contributed by atoms with Crippen molar-refractivity contribution >= 4 is 11.9 Å². The highest BCUT2D eigenvalue weighted by atomic mass is 16.5. The predicted molar refractivity (Wildman–Crippen MR) is 158 cm³/mol. The maximum atomic E-state index is 12.5. The number of carbonyl (C=O) groups is 2. The standard InChI is InChI=1S/C33H64O4/c1-3-5-7-9-11-13-14-15-16-19-23-27-31(28-24-20-18-21-25-29-32(34)35)37-33(36)30-26-22-17-12-10-8-6-4-2/h31H,3-30H2,1-2H3,(H,34,35). The lowest BCUT2D eigenvalue weighted by molar-refractivity contribution is -0.150. The van der Waals surface area contributed by atoms with E-state index in [1.807, 2.05) is 0 Å². The summed E-state index contributed by atoms with van der Waals surface area (Å²) in [5, 5.41) is 8.76. The van der Waals surface area contributed by atoms with Gasteiger partial charge in [0.25, 0.3) is 0 Å². The lowest BCUT2D eigenvalue weighted by Crippen LogP contribution is -2.18. The molecule has 1 atom stereocenters. The third-order valence-electron chi connectivity index (χ3n) is 7.58. The van der Waals surface area contributed by atoms with Crippen molar-refractivity contribution in [2.24, 2.45) is 0 Å². The molecule has 0 aromatic rings. The Hall–Kier alpha value is -1.06. The lowest BCUT2D eigenvalue weighted by atomic mass is 10.0. The average molecular weight is 525 g/mol. The summed E-state index contributed by atoms with van der Waals surface area (Å²) in [6, 6.07) is 0. The van der Waals surface area contributed by atoms with Crippen LogP contribution in [0.4, 0.5) is 0 Å². The van der Waals surface area contributed by atoms with Gasteiger partial charge in [0.05, 0.1) is 0 Å². The Kier molecular flexibility index (Phi) is 28.7. The van der Waals surface area contributed by atoms with Crippen LogP contribution in [0, 0.1) is 0 Å². The second kappa shape index (κ2) is 29.5. The number of aliphatic carboxylic acids is 1. The van der Waals surface area contributed by atoms with Crippen molar-refractivity contribution in [2.75, 3.05) is 0 Å². The molecular formula is C33H64O4. The van der Waals surface area contributed by atoms with E-state index in [4.69, 9.17) is 9.84 Å². The molecule has 1 unspecified atom stereocenters. The van der Waals surface area contributed by atoms with Gasteiger partial charge in [0.2, 0.25) is 0 Å². The van der Waals surface area contributed by atoms with Crippen LogP contribution in [0.5, 0.6) is 0 Å². The van der Waals surface area contributed by atoms with Crippen LogP contribution in [0.3, 0.4) is 0 Å². The largest absolute Gasteiger partial charge is 0.481 e. The van der Waals surface area contributed by atoms with Crippen molar-refractivity contribution in [1.82, 2.24) is 0 Å². The first-order valence-electron chi connectivity index (χ1n) is 16.5. The Labute approximate surface area is 231 Å². The summed E-state index contributed by atoms with van der Waals surface area (Å²) in [6.07, 6.45) is 32.5. The van der Waals surface area contributed by atoms with Crippen LogP contribution in [-0.4, -0.2) is 23.1 Å². The van der Waals surface area contributed by atoms with Crippen LogP contribution in [0.2, 0.25) is 0 Å². The molecule has 4 nitrogen and oxygen atoms in total. The minimum Gasteiger partial charge on any atom is -0.481 e. The zero-order chi connectivity index (χ0) is 27.2. The van der Waals surface area contributed by atoms with E-state index in [9.17, 15) is 9.59 Å². The topological polar surface area (TPSA) is 63.6 Å². The summed E-state index contributed by atoms with van der Waals surface area (Å²) < 4.78 is 5.94. The number of ether oxygens (including phenoxy) is 1. The fraction of sp³-hybridized carbons (Fsp3) is 0.939. The normalized spacial score (nSPS) is 12.1. The molecule has 0 radical (unpaired) electrons. The van der Waals surface area contributed by atoms with E-state index < -0.39 is 5.97 Å². The molecule has 0 saturated heterocycles. The van der Waals surface area contributed by atoms with Crippen molar-refractivity contribution in [3.63, 3.8) is 0 Å². The van der Waals surface area contributed by atoms with E-state index in [2.05, 4.69) is 13.8 Å². The Balaban J connectivity index is 4.05.